The number of nitrogens with one attached hydrogen (secondary N) is 1. The molecule has 0 saturated carbocycles. The predicted octanol–water partition coefficient (Wildman–Crippen LogP) is 0.670. The number of nitrogens with zero attached hydrogens (tertiary/aromatic N) is 6. The maximum atomic E-state index is 5.63. The van der Waals surface area contributed by atoms with Gasteiger partial charge in [0.1, 0.15) is 16.9 Å². The Hall–Kier alpha value is -2.49. The molecule has 20 heavy (non-hydrogen) atoms. The molecule has 0 amide bonds. The van der Waals surface area contributed by atoms with Gasteiger partial charge in [-0.1, -0.05) is 0 Å². The van der Waals surface area contributed by atoms with Gasteiger partial charge in [-0.15, -0.1) is 0 Å². The smallest absolute Gasteiger partial charge is 0.322 e. The van der Waals surface area contributed by atoms with Crippen LogP contribution in [-0.2, 0) is 0 Å². The number of H-pyrrole nitrogens is 1. The molecule has 0 aromatic carbocycles. The van der Waals surface area contributed by atoms with E-state index < -0.39 is 0 Å². The highest BCUT2D eigenvalue weighted by molar-refractivity contribution is 7.99. The molecule has 0 spiro atoms. The van der Waals surface area contributed by atoms with Crippen LogP contribution in [0.2, 0.25) is 0 Å². The van der Waals surface area contributed by atoms with E-state index in [9.17, 15) is 0 Å². The van der Waals surface area contributed by atoms with Crippen LogP contribution < -0.4 is 10.5 Å². The van der Waals surface area contributed by atoms with E-state index in [0.717, 1.165) is 5.52 Å². The van der Waals surface area contributed by atoms with E-state index in [-0.39, 0.29) is 12.0 Å². The predicted molar refractivity (Wildman–Crippen MR) is 71.2 cm³/mol. The molecule has 3 N–H and O–H groups in total. The fourth-order valence-electron chi connectivity index (χ4n) is 1.50. The number of hydrogen-bond donors (Lipinski definition) is 2. The Morgan fingerprint density at radius 2 is 2.15 bits per heavy atom. The molecule has 0 aliphatic carbocycles. The van der Waals surface area contributed by atoms with Crippen molar-refractivity contribution in [2.75, 3.05) is 12.3 Å². The van der Waals surface area contributed by atoms with Crippen LogP contribution >= 0.6 is 11.8 Å². The molecule has 3 aromatic heterocycles. The zero-order valence-corrected chi connectivity index (χ0v) is 11.3. The average Bonchev–Trinajstić information content (AvgIpc) is 2.88. The zero-order chi connectivity index (χ0) is 13.9. The van der Waals surface area contributed by atoms with Gasteiger partial charge in [0.15, 0.2) is 5.65 Å². The largest absolute Gasteiger partial charge is 0.464 e. The van der Waals surface area contributed by atoms with Crippen LogP contribution in [0.4, 0.5) is 5.95 Å². The number of anilines is 1. The number of aromatic amines is 1. The Morgan fingerprint density at radius 3 is 3.00 bits per heavy atom. The molecule has 9 nitrogen and oxygen atoms in total. The molecule has 0 radical (unpaired) electrons. The van der Waals surface area contributed by atoms with Gasteiger partial charge >= 0.3 is 6.01 Å². The number of rotatable bonds is 4. The maximum Gasteiger partial charge on any atom is 0.322 e. The van der Waals surface area contributed by atoms with E-state index in [1.807, 2.05) is 6.92 Å². The summed E-state index contributed by atoms with van der Waals surface area (Å²) in [4.78, 5) is 27.3. The summed E-state index contributed by atoms with van der Waals surface area (Å²) in [6.07, 6.45) is 2.98. The number of ether oxygens (including phenoxy) is 1. The van der Waals surface area contributed by atoms with Gasteiger partial charge in [-0.3, -0.25) is 0 Å². The van der Waals surface area contributed by atoms with Gasteiger partial charge in [-0.2, -0.15) is 15.0 Å². The second kappa shape index (κ2) is 5.25. The van der Waals surface area contributed by atoms with Crippen LogP contribution in [0.5, 0.6) is 6.01 Å². The third-order valence-electron chi connectivity index (χ3n) is 2.26. The Bertz CT molecular complexity index is 745. The minimum absolute atomic E-state index is 0.0980. The molecule has 0 unspecified atom stereocenters. The quantitative estimate of drug-likeness (QED) is 0.666. The fraction of sp³-hybridized carbons (Fsp3) is 0.200. The second-order valence-corrected chi connectivity index (χ2v) is 4.53. The van der Waals surface area contributed by atoms with Crippen molar-refractivity contribution in [1.29, 1.82) is 0 Å². The van der Waals surface area contributed by atoms with Gasteiger partial charge in [0.25, 0.3) is 0 Å². The molecule has 0 aliphatic rings. The molecule has 0 bridgehead atoms. The average molecular weight is 290 g/mol. The van der Waals surface area contributed by atoms with Crippen LogP contribution in [0.3, 0.4) is 0 Å². The summed E-state index contributed by atoms with van der Waals surface area (Å²) < 4.78 is 5.23. The molecule has 102 valence electrons. The molecule has 10 heteroatoms. The van der Waals surface area contributed by atoms with Crippen LogP contribution in [0.15, 0.2) is 22.8 Å². The lowest BCUT2D eigenvalue weighted by atomic mass is 10.6. The normalized spacial score (nSPS) is 10.8. The minimum Gasteiger partial charge on any atom is -0.464 e. The van der Waals surface area contributed by atoms with E-state index in [1.54, 1.807) is 6.33 Å². The summed E-state index contributed by atoms with van der Waals surface area (Å²) in [5.41, 5.74) is 6.92. The van der Waals surface area contributed by atoms with Crippen molar-refractivity contribution in [1.82, 2.24) is 34.9 Å². The summed E-state index contributed by atoms with van der Waals surface area (Å²) in [6.45, 7) is 2.29. The Balaban J connectivity index is 1.96. The number of nitrogens with two attached hydrogens (primary N) is 1. The lowest BCUT2D eigenvalue weighted by molar-refractivity contribution is 0.308. The van der Waals surface area contributed by atoms with Crippen LogP contribution in [0, 0.1) is 0 Å². The molecule has 0 aliphatic heterocycles. The molecule has 3 rings (SSSR count). The van der Waals surface area contributed by atoms with Gasteiger partial charge in [0, 0.05) is 0 Å². The molecule has 3 aromatic rings. The van der Waals surface area contributed by atoms with E-state index in [2.05, 4.69) is 34.9 Å². The highest BCUT2D eigenvalue weighted by atomic mass is 32.2. The van der Waals surface area contributed by atoms with E-state index in [4.69, 9.17) is 10.5 Å². The topological polar surface area (TPSA) is 128 Å². The second-order valence-electron chi connectivity index (χ2n) is 3.57. The fourth-order valence-corrected chi connectivity index (χ4v) is 2.29. The van der Waals surface area contributed by atoms with Crippen molar-refractivity contribution >= 4 is 28.9 Å². The van der Waals surface area contributed by atoms with Crippen LogP contribution in [-0.4, -0.2) is 41.5 Å². The van der Waals surface area contributed by atoms with Gasteiger partial charge in [-0.05, 0) is 18.7 Å². The molecule has 0 fully saturated rings. The van der Waals surface area contributed by atoms with E-state index in [1.165, 1.54) is 18.1 Å². The Morgan fingerprint density at radius 1 is 1.25 bits per heavy atom. The molecule has 0 atom stereocenters. The third kappa shape index (κ3) is 2.45. The first kappa shape index (κ1) is 12.5. The first-order chi connectivity index (χ1) is 9.76. The van der Waals surface area contributed by atoms with Gasteiger partial charge < -0.3 is 15.5 Å². The van der Waals surface area contributed by atoms with Crippen molar-refractivity contribution in [3.63, 3.8) is 0 Å². The number of imidazole rings is 1. The standard InChI is InChI=1S/C10H10N8OS/c1-2-19-9-16-8(11)17-10(18-9)20-7-5-6(13-3-12-5)14-4-15-7/h3-4H,2H2,1H3,(H2,11,16,17,18)(H,12,13,14,15). The van der Waals surface area contributed by atoms with Crippen molar-refractivity contribution in [3.05, 3.63) is 12.7 Å². The first-order valence-electron chi connectivity index (χ1n) is 5.72. The summed E-state index contributed by atoms with van der Waals surface area (Å²) in [6, 6.07) is 0.192. The van der Waals surface area contributed by atoms with Gasteiger partial charge in [0.05, 0.1) is 12.9 Å². The number of nitrogen functional groups attached to an aromatic ring is 1. The highest BCUT2D eigenvalue weighted by Gasteiger charge is 2.12. The number of aromatic nitrogens is 7. The van der Waals surface area contributed by atoms with E-state index >= 15 is 0 Å². The molecular weight excluding hydrogens is 280 g/mol. The van der Waals surface area contributed by atoms with Crippen molar-refractivity contribution in [3.8, 4) is 6.01 Å². The van der Waals surface area contributed by atoms with Crippen molar-refractivity contribution in [2.45, 2.75) is 17.1 Å². The maximum absolute atomic E-state index is 5.63. The lowest BCUT2D eigenvalue weighted by Crippen LogP contribution is -2.04. The SMILES string of the molecule is CCOc1nc(N)nc(Sc2ncnc3nc[nH]c23)n1. The third-order valence-corrected chi connectivity index (χ3v) is 3.13. The van der Waals surface area contributed by atoms with Crippen molar-refractivity contribution < 1.29 is 4.74 Å². The molecule has 0 saturated heterocycles. The zero-order valence-electron chi connectivity index (χ0n) is 10.4. The highest BCUT2D eigenvalue weighted by Crippen LogP contribution is 2.27. The van der Waals surface area contributed by atoms with Crippen LogP contribution in [0.25, 0.3) is 11.2 Å². The summed E-state index contributed by atoms with van der Waals surface area (Å²) in [5, 5.41) is 1.05. The molecule has 3 heterocycles. The first-order valence-corrected chi connectivity index (χ1v) is 6.54. The Labute approximate surface area is 117 Å². The lowest BCUT2D eigenvalue weighted by Gasteiger charge is -2.04. The monoisotopic (exact) mass is 290 g/mol. The van der Waals surface area contributed by atoms with E-state index in [0.29, 0.717) is 22.4 Å². The van der Waals surface area contributed by atoms with Gasteiger partial charge in [-0.25, -0.2) is 15.0 Å². The summed E-state index contributed by atoms with van der Waals surface area (Å²) in [7, 11) is 0. The molecular formula is C10H10N8OS. The van der Waals surface area contributed by atoms with Crippen LogP contribution in [0.1, 0.15) is 6.92 Å². The van der Waals surface area contributed by atoms with Crippen molar-refractivity contribution in [2.24, 2.45) is 0 Å². The number of fused-ring (bicyclic) bond motifs is 1. The Kier molecular flexibility index (Phi) is 3.29. The van der Waals surface area contributed by atoms with Gasteiger partial charge in [0.2, 0.25) is 11.1 Å². The summed E-state index contributed by atoms with van der Waals surface area (Å²) >= 11 is 1.23. The number of hydrogen-bond acceptors (Lipinski definition) is 9. The minimum atomic E-state index is 0.0980. The summed E-state index contributed by atoms with van der Waals surface area (Å²) in [5.74, 6) is 0.0980.